The van der Waals surface area contributed by atoms with Crippen LogP contribution >= 0.6 is 0 Å². The molecule has 1 aromatic carbocycles. The maximum Gasteiger partial charge on any atom is 0.289 e. The van der Waals surface area contributed by atoms with Crippen LogP contribution in [0.4, 0.5) is 5.82 Å². The molecule has 4 aromatic rings. The Morgan fingerprint density at radius 3 is 2.73 bits per heavy atom. The number of aromatic nitrogens is 3. The smallest absolute Gasteiger partial charge is 0.289 e. The zero-order chi connectivity index (χ0) is 20.5. The summed E-state index contributed by atoms with van der Waals surface area (Å²) >= 11 is 0. The molecule has 1 saturated heterocycles. The summed E-state index contributed by atoms with van der Waals surface area (Å²) < 4.78 is 12.6. The Hall–Kier alpha value is -3.81. The minimum absolute atomic E-state index is 0.0769. The predicted molar refractivity (Wildman–Crippen MR) is 112 cm³/mol. The van der Waals surface area contributed by atoms with Crippen molar-refractivity contribution in [3.63, 3.8) is 0 Å². The predicted octanol–water partition coefficient (Wildman–Crippen LogP) is 2.96. The van der Waals surface area contributed by atoms with Gasteiger partial charge in [0.25, 0.3) is 5.91 Å². The molecule has 0 atom stereocenters. The number of hydrogen-bond donors (Lipinski definition) is 0. The van der Waals surface area contributed by atoms with Crippen LogP contribution in [0, 0.1) is 0 Å². The van der Waals surface area contributed by atoms with Crippen molar-refractivity contribution >= 4 is 17.4 Å². The number of piperazine rings is 1. The van der Waals surface area contributed by atoms with E-state index in [4.69, 9.17) is 9.15 Å². The monoisotopic (exact) mass is 403 g/mol. The van der Waals surface area contributed by atoms with Crippen LogP contribution in [0.15, 0.2) is 65.7 Å². The molecule has 1 aliphatic rings. The number of nitrogens with zero attached hydrogens (tertiary/aromatic N) is 5. The molecule has 1 aliphatic heterocycles. The summed E-state index contributed by atoms with van der Waals surface area (Å²) in [4.78, 5) is 25.7. The molecule has 0 saturated carbocycles. The van der Waals surface area contributed by atoms with Gasteiger partial charge < -0.3 is 19.0 Å². The molecule has 4 heterocycles. The van der Waals surface area contributed by atoms with E-state index in [9.17, 15) is 4.79 Å². The number of hydrogen-bond acceptors (Lipinski definition) is 6. The van der Waals surface area contributed by atoms with E-state index in [1.54, 1.807) is 25.4 Å². The van der Waals surface area contributed by atoms with Crippen molar-refractivity contribution < 1.29 is 13.9 Å². The first-order valence-corrected chi connectivity index (χ1v) is 9.79. The summed E-state index contributed by atoms with van der Waals surface area (Å²) in [7, 11) is 1.66. The average molecular weight is 403 g/mol. The summed E-state index contributed by atoms with van der Waals surface area (Å²) in [6.07, 6.45) is 7.07. The molecule has 0 bridgehead atoms. The molecule has 8 heteroatoms. The molecule has 8 nitrogen and oxygen atoms in total. The van der Waals surface area contributed by atoms with E-state index in [0.29, 0.717) is 31.9 Å². The minimum Gasteiger partial charge on any atom is -0.497 e. The molecule has 0 spiro atoms. The van der Waals surface area contributed by atoms with Gasteiger partial charge in [-0.1, -0.05) is 12.1 Å². The van der Waals surface area contributed by atoms with Gasteiger partial charge in [-0.2, -0.15) is 0 Å². The number of carbonyl (C=O) groups is 1. The van der Waals surface area contributed by atoms with Crippen molar-refractivity contribution in [3.05, 3.63) is 67.0 Å². The van der Waals surface area contributed by atoms with Crippen LogP contribution in [0.1, 0.15) is 10.6 Å². The maximum absolute atomic E-state index is 12.5. The van der Waals surface area contributed by atoms with Gasteiger partial charge in [0.05, 0.1) is 25.3 Å². The molecule has 1 fully saturated rings. The van der Waals surface area contributed by atoms with E-state index >= 15 is 0 Å². The van der Waals surface area contributed by atoms with Crippen LogP contribution in [-0.2, 0) is 0 Å². The number of furan rings is 1. The van der Waals surface area contributed by atoms with E-state index in [2.05, 4.69) is 14.9 Å². The van der Waals surface area contributed by atoms with Crippen molar-refractivity contribution in [3.8, 4) is 17.0 Å². The lowest BCUT2D eigenvalue weighted by molar-refractivity contribution is 0.0714. The van der Waals surface area contributed by atoms with Crippen LogP contribution in [0.25, 0.3) is 16.9 Å². The number of benzene rings is 1. The van der Waals surface area contributed by atoms with Crippen LogP contribution in [-0.4, -0.2) is 58.5 Å². The molecule has 5 rings (SSSR count). The molecule has 0 radical (unpaired) electrons. The second-order valence-corrected chi connectivity index (χ2v) is 7.08. The number of ether oxygens (including phenoxy) is 1. The Morgan fingerprint density at radius 1 is 1.10 bits per heavy atom. The van der Waals surface area contributed by atoms with Crippen molar-refractivity contribution in [1.82, 2.24) is 19.3 Å². The van der Waals surface area contributed by atoms with Gasteiger partial charge in [-0.15, -0.1) is 0 Å². The van der Waals surface area contributed by atoms with Crippen molar-refractivity contribution in [2.75, 3.05) is 38.2 Å². The van der Waals surface area contributed by atoms with Crippen LogP contribution in [0.3, 0.4) is 0 Å². The number of rotatable bonds is 4. The third kappa shape index (κ3) is 3.16. The molecule has 152 valence electrons. The Morgan fingerprint density at radius 2 is 1.97 bits per heavy atom. The van der Waals surface area contributed by atoms with Gasteiger partial charge in [-0.05, 0) is 24.3 Å². The van der Waals surface area contributed by atoms with Crippen LogP contribution in [0.5, 0.6) is 5.75 Å². The fourth-order valence-corrected chi connectivity index (χ4v) is 3.80. The Bertz CT molecular complexity index is 1180. The highest BCUT2D eigenvalue weighted by Crippen LogP contribution is 2.28. The van der Waals surface area contributed by atoms with E-state index < -0.39 is 0 Å². The molecule has 0 N–H and O–H groups in total. The van der Waals surface area contributed by atoms with Gasteiger partial charge in [0, 0.05) is 44.1 Å². The molecule has 3 aromatic heterocycles. The minimum atomic E-state index is -0.0769. The lowest BCUT2D eigenvalue weighted by Gasteiger charge is -2.35. The number of anilines is 1. The fourth-order valence-electron chi connectivity index (χ4n) is 3.80. The summed E-state index contributed by atoms with van der Waals surface area (Å²) in [5.41, 5.74) is 2.79. The highest BCUT2D eigenvalue weighted by Gasteiger charge is 2.26. The second kappa shape index (κ2) is 7.55. The Balaban J connectivity index is 1.39. The number of carbonyl (C=O) groups excluding carboxylic acids is 1. The van der Waals surface area contributed by atoms with E-state index in [-0.39, 0.29) is 5.91 Å². The molecular formula is C22H21N5O3. The van der Waals surface area contributed by atoms with Gasteiger partial charge >= 0.3 is 0 Å². The third-order valence-electron chi connectivity index (χ3n) is 5.37. The van der Waals surface area contributed by atoms with Gasteiger partial charge in [-0.25, -0.2) is 9.97 Å². The Labute approximate surface area is 173 Å². The first-order chi connectivity index (χ1) is 14.7. The summed E-state index contributed by atoms with van der Waals surface area (Å²) in [6.45, 7) is 2.57. The SMILES string of the molecule is COc1cccc(-c2cnc3c(N4CCN(C(=O)c5ccco5)CC4)nccn23)c1. The molecule has 0 unspecified atom stereocenters. The van der Waals surface area contributed by atoms with Gasteiger partial charge in [0.2, 0.25) is 0 Å². The first kappa shape index (κ1) is 18.2. The fraction of sp³-hybridized carbons (Fsp3) is 0.227. The summed E-state index contributed by atoms with van der Waals surface area (Å²) in [6, 6.07) is 11.3. The van der Waals surface area contributed by atoms with Gasteiger partial charge in [0.1, 0.15) is 5.75 Å². The number of methoxy groups -OCH3 is 1. The first-order valence-electron chi connectivity index (χ1n) is 9.79. The Kier molecular flexibility index (Phi) is 4.59. The van der Waals surface area contributed by atoms with Crippen molar-refractivity contribution in [2.24, 2.45) is 0 Å². The topological polar surface area (TPSA) is 76.1 Å². The van der Waals surface area contributed by atoms with Crippen molar-refractivity contribution in [1.29, 1.82) is 0 Å². The average Bonchev–Trinajstić information content (AvgIpc) is 3.49. The van der Waals surface area contributed by atoms with Gasteiger partial charge in [-0.3, -0.25) is 9.20 Å². The lowest BCUT2D eigenvalue weighted by atomic mass is 10.1. The lowest BCUT2D eigenvalue weighted by Crippen LogP contribution is -2.49. The molecule has 1 amide bonds. The number of imidazole rings is 1. The molecule has 0 aliphatic carbocycles. The zero-order valence-corrected chi connectivity index (χ0v) is 16.6. The number of fused-ring (bicyclic) bond motifs is 1. The van der Waals surface area contributed by atoms with Crippen molar-refractivity contribution in [2.45, 2.75) is 0 Å². The highest BCUT2D eigenvalue weighted by atomic mass is 16.5. The molecule has 30 heavy (non-hydrogen) atoms. The van der Waals surface area contributed by atoms with E-state index in [1.165, 1.54) is 6.26 Å². The molecular weight excluding hydrogens is 382 g/mol. The number of amides is 1. The van der Waals surface area contributed by atoms with E-state index in [1.807, 2.05) is 46.0 Å². The highest BCUT2D eigenvalue weighted by molar-refractivity contribution is 5.91. The summed E-state index contributed by atoms with van der Waals surface area (Å²) in [5, 5.41) is 0. The largest absolute Gasteiger partial charge is 0.497 e. The maximum atomic E-state index is 12.5. The standard InChI is InChI=1S/C22H21N5O3/c1-29-17-5-2-4-16(14-17)18-15-24-21-20(23-7-8-27(18)21)25-9-11-26(12-10-25)22(28)19-6-3-13-30-19/h2-8,13-15H,9-12H2,1H3. The summed E-state index contributed by atoms with van der Waals surface area (Å²) in [5.74, 6) is 1.91. The third-order valence-corrected chi connectivity index (χ3v) is 5.37. The van der Waals surface area contributed by atoms with Crippen LogP contribution in [0.2, 0.25) is 0 Å². The van der Waals surface area contributed by atoms with Gasteiger partial charge in [0.15, 0.2) is 17.2 Å². The zero-order valence-electron chi connectivity index (χ0n) is 16.6. The van der Waals surface area contributed by atoms with E-state index in [0.717, 1.165) is 28.5 Å². The normalized spacial score (nSPS) is 14.3. The van der Waals surface area contributed by atoms with Crippen LogP contribution < -0.4 is 9.64 Å². The second-order valence-electron chi connectivity index (χ2n) is 7.08. The quantitative estimate of drug-likeness (QED) is 0.522.